The fourth-order valence-electron chi connectivity index (χ4n) is 4.49. The van der Waals surface area contributed by atoms with Gasteiger partial charge in [-0.3, -0.25) is 14.6 Å². The van der Waals surface area contributed by atoms with Gasteiger partial charge in [-0.15, -0.1) is 0 Å². The molecular weight excluding hydrogens is 378 g/mol. The normalized spacial score (nSPS) is 24.0. The van der Waals surface area contributed by atoms with Gasteiger partial charge in [0.2, 0.25) is 5.91 Å². The van der Waals surface area contributed by atoms with E-state index in [-0.39, 0.29) is 23.3 Å². The molecule has 2 N–H and O–H groups in total. The van der Waals surface area contributed by atoms with Crippen molar-refractivity contribution in [2.24, 2.45) is 0 Å². The Bertz CT molecular complexity index is 886. The van der Waals surface area contributed by atoms with Crippen molar-refractivity contribution in [1.29, 1.82) is 0 Å². The molecule has 3 atom stereocenters. The van der Waals surface area contributed by atoms with Crippen molar-refractivity contribution in [1.82, 2.24) is 15.2 Å². The molecule has 2 aromatic rings. The van der Waals surface area contributed by atoms with Gasteiger partial charge in [0, 0.05) is 32.1 Å². The van der Waals surface area contributed by atoms with Crippen LogP contribution in [0.1, 0.15) is 54.2 Å². The molecule has 6 nitrogen and oxygen atoms in total. The molecule has 1 saturated carbocycles. The standard InChI is InChI=1S/C24H31N3O3/c1-17-8-7-15-25-22(17)23(30)27(3)20-11-13-24(14-12-21(20)29,16-26-18(2)28)19-9-5-4-6-10-19/h4-10,15,20-21,29H,11-14,16H2,1-3H3,(H,26,28)/t20-,21-,24-/m1/s1. The van der Waals surface area contributed by atoms with E-state index in [1.165, 1.54) is 6.92 Å². The monoisotopic (exact) mass is 409 g/mol. The predicted molar refractivity (Wildman–Crippen MR) is 116 cm³/mol. The number of aromatic nitrogens is 1. The van der Waals surface area contributed by atoms with E-state index in [0.717, 1.165) is 24.0 Å². The fraction of sp³-hybridized carbons (Fsp3) is 0.458. The number of nitrogens with zero attached hydrogens (tertiary/aromatic N) is 2. The molecule has 3 rings (SSSR count). The van der Waals surface area contributed by atoms with Crippen LogP contribution in [0, 0.1) is 6.92 Å². The van der Waals surface area contributed by atoms with Gasteiger partial charge < -0.3 is 15.3 Å². The molecular formula is C24H31N3O3. The summed E-state index contributed by atoms with van der Waals surface area (Å²) < 4.78 is 0. The third-order valence-electron chi connectivity index (χ3n) is 6.37. The second kappa shape index (κ2) is 9.39. The summed E-state index contributed by atoms with van der Waals surface area (Å²) in [6.45, 7) is 3.91. The smallest absolute Gasteiger partial charge is 0.272 e. The Labute approximate surface area is 178 Å². The quantitative estimate of drug-likeness (QED) is 0.744. The molecule has 1 fully saturated rings. The van der Waals surface area contributed by atoms with Gasteiger partial charge in [0.25, 0.3) is 5.91 Å². The molecule has 0 bridgehead atoms. The van der Waals surface area contributed by atoms with Crippen LogP contribution in [-0.4, -0.2) is 52.5 Å². The van der Waals surface area contributed by atoms with Crippen LogP contribution in [0.3, 0.4) is 0 Å². The lowest BCUT2D eigenvalue weighted by molar-refractivity contribution is -0.119. The van der Waals surface area contributed by atoms with Gasteiger partial charge in [-0.1, -0.05) is 36.4 Å². The average molecular weight is 410 g/mol. The first-order valence-corrected chi connectivity index (χ1v) is 10.5. The van der Waals surface area contributed by atoms with E-state index >= 15 is 0 Å². The maximum Gasteiger partial charge on any atom is 0.272 e. The number of carbonyl (C=O) groups is 2. The lowest BCUT2D eigenvalue weighted by atomic mass is 9.74. The fourth-order valence-corrected chi connectivity index (χ4v) is 4.49. The number of likely N-dealkylation sites (N-methyl/N-ethyl adjacent to an activating group) is 1. The van der Waals surface area contributed by atoms with Crippen molar-refractivity contribution in [2.45, 2.75) is 57.1 Å². The van der Waals surface area contributed by atoms with E-state index in [1.54, 1.807) is 18.1 Å². The Morgan fingerprint density at radius 2 is 1.87 bits per heavy atom. The van der Waals surface area contributed by atoms with Crippen LogP contribution < -0.4 is 5.32 Å². The zero-order valence-electron chi connectivity index (χ0n) is 18.0. The van der Waals surface area contributed by atoms with Gasteiger partial charge >= 0.3 is 0 Å². The zero-order valence-corrected chi connectivity index (χ0v) is 18.0. The van der Waals surface area contributed by atoms with Gasteiger partial charge in [-0.2, -0.15) is 0 Å². The molecule has 0 saturated heterocycles. The Balaban J connectivity index is 1.84. The van der Waals surface area contributed by atoms with E-state index < -0.39 is 6.10 Å². The van der Waals surface area contributed by atoms with E-state index in [9.17, 15) is 14.7 Å². The zero-order chi connectivity index (χ0) is 21.7. The molecule has 1 heterocycles. The molecule has 6 heteroatoms. The van der Waals surface area contributed by atoms with E-state index in [2.05, 4.69) is 22.4 Å². The highest BCUT2D eigenvalue weighted by molar-refractivity contribution is 5.93. The predicted octanol–water partition coefficient (Wildman–Crippen LogP) is 2.84. The van der Waals surface area contributed by atoms with Crippen LogP contribution in [0.5, 0.6) is 0 Å². The van der Waals surface area contributed by atoms with Crippen LogP contribution in [0.2, 0.25) is 0 Å². The minimum atomic E-state index is -0.633. The maximum atomic E-state index is 13.1. The lowest BCUT2D eigenvalue weighted by Crippen LogP contribution is -2.44. The summed E-state index contributed by atoms with van der Waals surface area (Å²) in [5.74, 6) is -0.240. The third kappa shape index (κ3) is 4.70. The van der Waals surface area contributed by atoms with Crippen molar-refractivity contribution in [2.75, 3.05) is 13.6 Å². The minimum Gasteiger partial charge on any atom is -0.391 e. The first-order chi connectivity index (χ1) is 14.3. The van der Waals surface area contributed by atoms with Crippen molar-refractivity contribution in [3.05, 3.63) is 65.5 Å². The number of amides is 2. The van der Waals surface area contributed by atoms with Gasteiger partial charge in [-0.25, -0.2) is 0 Å². The Morgan fingerprint density at radius 3 is 2.53 bits per heavy atom. The Kier molecular flexibility index (Phi) is 6.87. The molecule has 1 aromatic heterocycles. The average Bonchev–Trinajstić information content (AvgIpc) is 2.92. The lowest BCUT2D eigenvalue weighted by Gasteiger charge is -2.34. The molecule has 1 aromatic carbocycles. The van der Waals surface area contributed by atoms with Gasteiger partial charge in [0.15, 0.2) is 0 Å². The molecule has 160 valence electrons. The number of nitrogens with one attached hydrogen (secondary N) is 1. The van der Waals surface area contributed by atoms with Crippen LogP contribution >= 0.6 is 0 Å². The molecule has 1 aliphatic carbocycles. The molecule has 2 amide bonds. The van der Waals surface area contributed by atoms with Crippen LogP contribution in [0.25, 0.3) is 0 Å². The second-order valence-corrected chi connectivity index (χ2v) is 8.35. The number of rotatable bonds is 5. The highest BCUT2D eigenvalue weighted by Crippen LogP contribution is 2.39. The number of hydrogen-bond acceptors (Lipinski definition) is 4. The first kappa shape index (κ1) is 22.0. The first-order valence-electron chi connectivity index (χ1n) is 10.5. The largest absolute Gasteiger partial charge is 0.391 e. The number of aliphatic hydroxyl groups is 1. The maximum absolute atomic E-state index is 13.1. The van der Waals surface area contributed by atoms with Crippen molar-refractivity contribution in [3.8, 4) is 0 Å². The van der Waals surface area contributed by atoms with Gasteiger partial charge in [0.1, 0.15) is 5.69 Å². The topological polar surface area (TPSA) is 82.5 Å². The summed E-state index contributed by atoms with van der Waals surface area (Å²) in [4.78, 5) is 30.6. The molecule has 1 aliphatic rings. The molecule has 0 radical (unpaired) electrons. The number of hydrogen-bond donors (Lipinski definition) is 2. The summed E-state index contributed by atoms with van der Waals surface area (Å²) in [6, 6.07) is 13.5. The van der Waals surface area contributed by atoms with Crippen molar-refractivity contribution >= 4 is 11.8 Å². The number of benzene rings is 1. The van der Waals surface area contributed by atoms with Crippen LogP contribution in [0.4, 0.5) is 0 Å². The SMILES string of the molecule is CC(=O)NC[C@]1(c2ccccc2)CC[C@@H](O)[C@H](N(C)C(=O)c2ncccc2C)CC1. The van der Waals surface area contributed by atoms with Gasteiger partial charge in [-0.05, 0) is 49.8 Å². The van der Waals surface area contributed by atoms with E-state index in [1.807, 2.05) is 37.3 Å². The summed E-state index contributed by atoms with van der Waals surface area (Å²) in [5.41, 5.74) is 2.12. The molecule has 0 spiro atoms. The summed E-state index contributed by atoms with van der Waals surface area (Å²) >= 11 is 0. The Hall–Kier alpha value is -2.73. The van der Waals surface area contributed by atoms with E-state index in [4.69, 9.17) is 0 Å². The minimum absolute atomic E-state index is 0.0652. The van der Waals surface area contributed by atoms with E-state index in [0.29, 0.717) is 25.1 Å². The highest BCUT2D eigenvalue weighted by Gasteiger charge is 2.40. The van der Waals surface area contributed by atoms with Gasteiger partial charge in [0.05, 0.1) is 12.1 Å². The van der Waals surface area contributed by atoms with Crippen molar-refractivity contribution in [3.63, 3.8) is 0 Å². The number of aryl methyl sites for hydroxylation is 1. The van der Waals surface area contributed by atoms with Crippen LogP contribution in [-0.2, 0) is 10.2 Å². The summed E-state index contributed by atoms with van der Waals surface area (Å²) in [7, 11) is 1.74. The summed E-state index contributed by atoms with van der Waals surface area (Å²) in [6.07, 6.45) is 3.68. The number of carbonyl (C=O) groups excluding carboxylic acids is 2. The Morgan fingerprint density at radius 1 is 1.17 bits per heavy atom. The second-order valence-electron chi connectivity index (χ2n) is 8.35. The highest BCUT2D eigenvalue weighted by atomic mass is 16.3. The van der Waals surface area contributed by atoms with Crippen LogP contribution in [0.15, 0.2) is 48.7 Å². The molecule has 0 unspecified atom stereocenters. The van der Waals surface area contributed by atoms with Crippen molar-refractivity contribution < 1.29 is 14.7 Å². The summed E-state index contributed by atoms with van der Waals surface area (Å²) in [5, 5.41) is 13.9. The third-order valence-corrected chi connectivity index (χ3v) is 6.37. The number of aliphatic hydroxyl groups excluding tert-OH is 1. The molecule has 30 heavy (non-hydrogen) atoms. The molecule has 0 aliphatic heterocycles. The number of pyridine rings is 1.